The molecule has 0 saturated carbocycles. The first-order chi connectivity index (χ1) is 8.09. The molecule has 1 aromatic rings. The predicted molar refractivity (Wildman–Crippen MR) is 63.4 cm³/mol. The maximum absolute atomic E-state index is 11.9. The Morgan fingerprint density at radius 1 is 1.59 bits per heavy atom. The van der Waals surface area contributed by atoms with Gasteiger partial charge in [0.05, 0.1) is 18.8 Å². The summed E-state index contributed by atoms with van der Waals surface area (Å²) in [5.41, 5.74) is 3.17. The van der Waals surface area contributed by atoms with Crippen molar-refractivity contribution in [2.24, 2.45) is 0 Å². The summed E-state index contributed by atoms with van der Waals surface area (Å²) in [6.45, 7) is 7.38. The van der Waals surface area contributed by atoms with E-state index in [1.54, 1.807) is 0 Å². The molecule has 1 saturated heterocycles. The zero-order chi connectivity index (χ0) is 12.4. The molecule has 1 atom stereocenters. The minimum atomic E-state index is 0.0648. The third-order valence-corrected chi connectivity index (χ3v) is 3.19. The fourth-order valence-corrected chi connectivity index (χ4v) is 2.40. The Bertz CT molecular complexity index is 388. The predicted octanol–water partition coefficient (Wildman–Crippen LogP) is 1.68. The molecule has 0 spiro atoms. The molecule has 1 aliphatic rings. The van der Waals surface area contributed by atoms with Crippen molar-refractivity contribution >= 4 is 5.91 Å². The summed E-state index contributed by atoms with van der Waals surface area (Å²) in [6.07, 6.45) is 1.41. The Morgan fingerprint density at radius 3 is 2.88 bits per heavy atom. The lowest BCUT2D eigenvalue weighted by molar-refractivity contribution is -0.169. The van der Waals surface area contributed by atoms with E-state index in [0.717, 1.165) is 29.9 Å². The molecular weight excluding hydrogens is 218 g/mol. The van der Waals surface area contributed by atoms with Crippen molar-refractivity contribution in [3.63, 3.8) is 0 Å². The molecule has 1 fully saturated rings. The maximum Gasteiger partial charge on any atom is 0.246 e. The summed E-state index contributed by atoms with van der Waals surface area (Å²) >= 11 is 0. The van der Waals surface area contributed by atoms with Crippen LogP contribution >= 0.6 is 0 Å². The van der Waals surface area contributed by atoms with Crippen LogP contribution in [0.5, 0.6) is 0 Å². The van der Waals surface area contributed by atoms with Crippen LogP contribution in [0.2, 0.25) is 0 Å². The van der Waals surface area contributed by atoms with E-state index in [-0.39, 0.29) is 11.8 Å². The van der Waals surface area contributed by atoms with Gasteiger partial charge in [-0.3, -0.25) is 14.7 Å². The lowest BCUT2D eigenvalue weighted by atomic mass is 9.95. The van der Waals surface area contributed by atoms with Crippen LogP contribution in [0.15, 0.2) is 0 Å². The number of hydrogen-bond donors (Lipinski definition) is 1. The van der Waals surface area contributed by atoms with Crippen LogP contribution in [0, 0.1) is 13.8 Å². The molecule has 0 bridgehead atoms. The normalized spacial score (nSPS) is 17.5. The van der Waals surface area contributed by atoms with Crippen LogP contribution in [0.1, 0.15) is 42.6 Å². The minimum absolute atomic E-state index is 0.0648. The standard InChI is InChI=1S/C12H19N3O2/c1-8(12-9(2)13-14-10(12)3)7-11(16)15-5-4-6-17-15/h8H,4-7H2,1-3H3,(H,13,14)/t8-/m1/s1. The Morgan fingerprint density at radius 2 is 2.35 bits per heavy atom. The highest BCUT2D eigenvalue weighted by Crippen LogP contribution is 2.25. The molecule has 94 valence electrons. The largest absolute Gasteiger partial charge is 0.282 e. The van der Waals surface area contributed by atoms with E-state index in [0.29, 0.717) is 13.0 Å². The molecule has 0 unspecified atom stereocenters. The summed E-state index contributed by atoms with van der Waals surface area (Å²) in [5, 5.41) is 8.60. The first kappa shape index (κ1) is 12.1. The van der Waals surface area contributed by atoms with Gasteiger partial charge < -0.3 is 0 Å². The number of carbonyl (C=O) groups is 1. The molecule has 5 nitrogen and oxygen atoms in total. The van der Waals surface area contributed by atoms with Crippen molar-refractivity contribution in [1.82, 2.24) is 15.3 Å². The Balaban J connectivity index is 2.01. The molecule has 1 N–H and O–H groups in total. The van der Waals surface area contributed by atoms with Crippen LogP contribution in [0.4, 0.5) is 0 Å². The number of nitrogens with zero attached hydrogens (tertiary/aromatic N) is 2. The first-order valence-corrected chi connectivity index (χ1v) is 6.04. The second kappa shape index (κ2) is 4.87. The fourth-order valence-electron chi connectivity index (χ4n) is 2.40. The number of carbonyl (C=O) groups excluding carboxylic acids is 1. The van der Waals surface area contributed by atoms with Gasteiger partial charge in [0.2, 0.25) is 5.91 Å². The van der Waals surface area contributed by atoms with Gasteiger partial charge in [-0.2, -0.15) is 5.10 Å². The van der Waals surface area contributed by atoms with Gasteiger partial charge in [0.15, 0.2) is 0 Å². The number of amides is 1. The summed E-state index contributed by atoms with van der Waals surface area (Å²) in [7, 11) is 0. The lowest BCUT2D eigenvalue weighted by Crippen LogP contribution is -2.27. The maximum atomic E-state index is 11.9. The lowest BCUT2D eigenvalue weighted by Gasteiger charge is -2.17. The van der Waals surface area contributed by atoms with Crippen LogP contribution < -0.4 is 0 Å². The summed E-state index contributed by atoms with van der Waals surface area (Å²) in [6, 6.07) is 0. The van der Waals surface area contributed by atoms with Gasteiger partial charge in [-0.15, -0.1) is 0 Å². The Hall–Kier alpha value is -1.36. The molecule has 0 aromatic carbocycles. The molecule has 5 heteroatoms. The zero-order valence-electron chi connectivity index (χ0n) is 10.6. The molecule has 0 aliphatic carbocycles. The number of aromatic amines is 1. The third kappa shape index (κ3) is 2.49. The van der Waals surface area contributed by atoms with Crippen molar-refractivity contribution in [3.05, 3.63) is 17.0 Å². The average Bonchev–Trinajstić information content (AvgIpc) is 2.88. The third-order valence-electron chi connectivity index (χ3n) is 3.19. The topological polar surface area (TPSA) is 58.2 Å². The fraction of sp³-hybridized carbons (Fsp3) is 0.667. The summed E-state index contributed by atoms with van der Waals surface area (Å²) in [5.74, 6) is 0.237. The quantitative estimate of drug-likeness (QED) is 0.870. The molecule has 1 aromatic heterocycles. The van der Waals surface area contributed by atoms with Gasteiger partial charge in [0.1, 0.15) is 0 Å². The molecule has 2 heterocycles. The van der Waals surface area contributed by atoms with E-state index >= 15 is 0 Å². The number of aromatic nitrogens is 2. The number of nitrogens with one attached hydrogen (secondary N) is 1. The number of H-pyrrole nitrogens is 1. The van der Waals surface area contributed by atoms with Gasteiger partial charge in [0.25, 0.3) is 0 Å². The van der Waals surface area contributed by atoms with E-state index in [2.05, 4.69) is 17.1 Å². The highest BCUT2D eigenvalue weighted by molar-refractivity contribution is 5.76. The van der Waals surface area contributed by atoms with Gasteiger partial charge in [-0.1, -0.05) is 6.92 Å². The molecular formula is C12H19N3O2. The number of aryl methyl sites for hydroxylation is 2. The number of hydroxylamine groups is 2. The van der Waals surface area contributed by atoms with E-state index < -0.39 is 0 Å². The number of hydrogen-bond acceptors (Lipinski definition) is 3. The molecule has 1 amide bonds. The van der Waals surface area contributed by atoms with Gasteiger partial charge in [0, 0.05) is 12.1 Å². The SMILES string of the molecule is Cc1n[nH]c(C)c1[C@H](C)CC(=O)N1CCCO1. The van der Waals surface area contributed by atoms with E-state index in [4.69, 9.17) is 4.84 Å². The molecule has 1 aliphatic heterocycles. The van der Waals surface area contributed by atoms with Crippen LogP contribution in [-0.4, -0.2) is 34.3 Å². The second-order valence-corrected chi connectivity index (χ2v) is 4.64. The van der Waals surface area contributed by atoms with Crippen LogP contribution in [-0.2, 0) is 9.63 Å². The van der Waals surface area contributed by atoms with Crippen molar-refractivity contribution in [2.75, 3.05) is 13.2 Å². The van der Waals surface area contributed by atoms with Crippen LogP contribution in [0.25, 0.3) is 0 Å². The highest BCUT2D eigenvalue weighted by atomic mass is 16.7. The summed E-state index contributed by atoms with van der Waals surface area (Å²) in [4.78, 5) is 17.2. The van der Waals surface area contributed by atoms with Crippen molar-refractivity contribution in [2.45, 2.75) is 39.5 Å². The Kier molecular flexibility index (Phi) is 3.47. The molecule has 17 heavy (non-hydrogen) atoms. The van der Waals surface area contributed by atoms with Crippen molar-refractivity contribution < 1.29 is 9.63 Å². The van der Waals surface area contributed by atoms with Gasteiger partial charge in [-0.25, -0.2) is 5.06 Å². The van der Waals surface area contributed by atoms with Gasteiger partial charge >= 0.3 is 0 Å². The molecule has 0 radical (unpaired) electrons. The van der Waals surface area contributed by atoms with Crippen molar-refractivity contribution in [1.29, 1.82) is 0 Å². The van der Waals surface area contributed by atoms with Gasteiger partial charge in [-0.05, 0) is 31.7 Å². The van der Waals surface area contributed by atoms with E-state index in [1.165, 1.54) is 5.06 Å². The average molecular weight is 237 g/mol. The first-order valence-electron chi connectivity index (χ1n) is 6.04. The highest BCUT2D eigenvalue weighted by Gasteiger charge is 2.23. The minimum Gasteiger partial charge on any atom is -0.282 e. The zero-order valence-corrected chi connectivity index (χ0v) is 10.6. The smallest absolute Gasteiger partial charge is 0.246 e. The Labute approximate surface area is 101 Å². The van der Waals surface area contributed by atoms with Crippen molar-refractivity contribution in [3.8, 4) is 0 Å². The monoisotopic (exact) mass is 237 g/mol. The number of rotatable bonds is 3. The second-order valence-electron chi connectivity index (χ2n) is 4.64. The van der Waals surface area contributed by atoms with E-state index in [9.17, 15) is 4.79 Å². The summed E-state index contributed by atoms with van der Waals surface area (Å²) < 4.78 is 0. The van der Waals surface area contributed by atoms with Crippen LogP contribution in [0.3, 0.4) is 0 Å². The molecule has 2 rings (SSSR count). The van der Waals surface area contributed by atoms with E-state index in [1.807, 2.05) is 13.8 Å².